The third-order valence-corrected chi connectivity index (χ3v) is 5.42. The van der Waals surface area contributed by atoms with Gasteiger partial charge >= 0.3 is 6.18 Å². The third kappa shape index (κ3) is 5.20. The fourth-order valence-electron chi connectivity index (χ4n) is 3.50. The predicted molar refractivity (Wildman–Crippen MR) is 108 cm³/mol. The van der Waals surface area contributed by atoms with E-state index in [1.807, 2.05) is 24.3 Å². The van der Waals surface area contributed by atoms with Crippen LogP contribution in [-0.4, -0.2) is 35.8 Å². The van der Waals surface area contributed by atoms with Crippen LogP contribution in [0.1, 0.15) is 64.4 Å². The van der Waals surface area contributed by atoms with Crippen LogP contribution in [0, 0.1) is 0 Å². The molecular weight excluding hydrogens is 393 g/mol. The summed E-state index contributed by atoms with van der Waals surface area (Å²) in [5, 5.41) is 2.85. The van der Waals surface area contributed by atoms with E-state index < -0.39 is 17.6 Å². The summed E-state index contributed by atoms with van der Waals surface area (Å²) in [6.45, 7) is 5.23. The van der Waals surface area contributed by atoms with Gasteiger partial charge in [0.15, 0.2) is 0 Å². The van der Waals surface area contributed by atoms with Crippen molar-refractivity contribution in [1.29, 1.82) is 0 Å². The lowest BCUT2D eigenvalue weighted by Crippen LogP contribution is -2.46. The van der Waals surface area contributed by atoms with Gasteiger partial charge in [-0.15, -0.1) is 0 Å². The van der Waals surface area contributed by atoms with Gasteiger partial charge in [0.25, 0.3) is 11.8 Å². The van der Waals surface area contributed by atoms with Gasteiger partial charge in [-0.3, -0.25) is 9.59 Å². The molecule has 0 saturated carbocycles. The summed E-state index contributed by atoms with van der Waals surface area (Å²) in [6.07, 6.45) is -3.23. The number of hydrogen-bond donors (Lipinski definition) is 1. The molecule has 1 aliphatic heterocycles. The molecule has 1 N–H and O–H groups in total. The Labute approximate surface area is 174 Å². The summed E-state index contributed by atoms with van der Waals surface area (Å²) >= 11 is 0. The molecule has 3 rings (SSSR count). The summed E-state index contributed by atoms with van der Waals surface area (Å²) < 4.78 is 37.9. The Morgan fingerprint density at radius 3 is 1.97 bits per heavy atom. The highest BCUT2D eigenvalue weighted by atomic mass is 19.4. The van der Waals surface area contributed by atoms with Crippen molar-refractivity contribution < 1.29 is 22.8 Å². The minimum Gasteiger partial charge on any atom is -0.349 e. The fraction of sp³-hybridized carbons (Fsp3) is 0.391. The van der Waals surface area contributed by atoms with Gasteiger partial charge in [0, 0.05) is 30.3 Å². The normalized spacial score (nSPS) is 15.3. The molecule has 0 spiro atoms. The van der Waals surface area contributed by atoms with Crippen molar-refractivity contribution in [3.05, 3.63) is 70.8 Å². The Kier molecular flexibility index (Phi) is 6.48. The number of nitrogens with one attached hydrogen (secondary N) is 1. The Morgan fingerprint density at radius 2 is 1.47 bits per heavy atom. The summed E-state index contributed by atoms with van der Waals surface area (Å²) in [7, 11) is 0. The van der Waals surface area contributed by atoms with Crippen molar-refractivity contribution in [1.82, 2.24) is 10.2 Å². The maximum atomic E-state index is 12.7. The third-order valence-electron chi connectivity index (χ3n) is 5.42. The molecule has 0 bridgehead atoms. The van der Waals surface area contributed by atoms with Gasteiger partial charge in [-0.2, -0.15) is 13.2 Å². The second-order valence-corrected chi connectivity index (χ2v) is 7.89. The van der Waals surface area contributed by atoms with E-state index in [0.717, 1.165) is 12.1 Å². The van der Waals surface area contributed by atoms with E-state index in [4.69, 9.17) is 0 Å². The number of piperidine rings is 1. The second-order valence-electron chi connectivity index (χ2n) is 7.89. The van der Waals surface area contributed by atoms with Crippen molar-refractivity contribution in [2.75, 3.05) is 13.1 Å². The molecule has 0 unspecified atom stereocenters. The molecule has 0 atom stereocenters. The van der Waals surface area contributed by atoms with Gasteiger partial charge in [-0.05, 0) is 60.7 Å². The maximum absolute atomic E-state index is 12.7. The lowest BCUT2D eigenvalue weighted by Gasteiger charge is -2.32. The van der Waals surface area contributed by atoms with Crippen molar-refractivity contribution >= 4 is 11.8 Å². The molecule has 2 aromatic carbocycles. The van der Waals surface area contributed by atoms with Crippen LogP contribution in [-0.2, 0) is 6.18 Å². The van der Waals surface area contributed by atoms with E-state index in [1.54, 1.807) is 4.90 Å². The molecule has 0 aromatic heterocycles. The molecule has 1 heterocycles. The largest absolute Gasteiger partial charge is 0.416 e. The molecule has 1 aliphatic rings. The van der Waals surface area contributed by atoms with Crippen LogP contribution in [0.25, 0.3) is 0 Å². The minimum absolute atomic E-state index is 0.0298. The highest BCUT2D eigenvalue weighted by Gasteiger charge is 2.30. The second kappa shape index (κ2) is 8.90. The zero-order chi connectivity index (χ0) is 21.9. The van der Waals surface area contributed by atoms with Crippen LogP contribution in [0.2, 0.25) is 0 Å². The highest BCUT2D eigenvalue weighted by Crippen LogP contribution is 2.29. The number of carbonyl (C=O) groups is 2. The molecule has 4 nitrogen and oxygen atoms in total. The number of likely N-dealkylation sites (tertiary alicyclic amines) is 1. The first-order valence-corrected chi connectivity index (χ1v) is 10.0. The minimum atomic E-state index is -4.43. The van der Waals surface area contributed by atoms with Crippen LogP contribution >= 0.6 is 0 Å². The van der Waals surface area contributed by atoms with Crippen molar-refractivity contribution in [3.8, 4) is 0 Å². The quantitative estimate of drug-likeness (QED) is 0.771. The zero-order valence-corrected chi connectivity index (χ0v) is 17.0. The molecule has 160 valence electrons. The van der Waals surface area contributed by atoms with Gasteiger partial charge in [0.2, 0.25) is 0 Å². The van der Waals surface area contributed by atoms with Gasteiger partial charge in [0.1, 0.15) is 0 Å². The molecule has 0 radical (unpaired) electrons. The number of rotatable bonds is 4. The number of amides is 2. The predicted octanol–water partition coefficient (Wildman–Crippen LogP) is 4.86. The standard InChI is InChI=1S/C23H25F3N2O2/c1-15(2)16-3-5-18(6-4-16)22(30)28-13-11-20(12-14-28)27-21(29)17-7-9-19(10-8-17)23(24,25)26/h3-10,15,20H,11-14H2,1-2H3,(H,27,29). The van der Waals surface area contributed by atoms with Crippen LogP contribution in [0.4, 0.5) is 13.2 Å². The van der Waals surface area contributed by atoms with E-state index >= 15 is 0 Å². The van der Waals surface area contributed by atoms with Crippen LogP contribution in [0.5, 0.6) is 0 Å². The van der Waals surface area contributed by atoms with E-state index in [2.05, 4.69) is 19.2 Å². The number of benzene rings is 2. The smallest absolute Gasteiger partial charge is 0.349 e. The average molecular weight is 418 g/mol. The van der Waals surface area contributed by atoms with E-state index in [-0.39, 0.29) is 17.5 Å². The van der Waals surface area contributed by atoms with E-state index in [0.29, 0.717) is 37.4 Å². The molecule has 1 fully saturated rings. The number of hydrogen-bond acceptors (Lipinski definition) is 2. The fourth-order valence-corrected chi connectivity index (χ4v) is 3.50. The van der Waals surface area contributed by atoms with Gasteiger partial charge in [0.05, 0.1) is 5.56 Å². The SMILES string of the molecule is CC(C)c1ccc(C(=O)N2CCC(NC(=O)c3ccc(C(F)(F)F)cc3)CC2)cc1. The van der Waals surface area contributed by atoms with Crippen molar-refractivity contribution in [3.63, 3.8) is 0 Å². The maximum Gasteiger partial charge on any atom is 0.416 e. The van der Waals surface area contributed by atoms with E-state index in [9.17, 15) is 22.8 Å². The zero-order valence-electron chi connectivity index (χ0n) is 17.0. The van der Waals surface area contributed by atoms with E-state index in [1.165, 1.54) is 17.7 Å². The Bertz CT molecular complexity index is 882. The number of carbonyl (C=O) groups excluding carboxylic acids is 2. The summed E-state index contributed by atoms with van der Waals surface area (Å²) in [4.78, 5) is 26.8. The average Bonchev–Trinajstić information content (AvgIpc) is 2.73. The number of alkyl halides is 3. The number of nitrogens with zero attached hydrogens (tertiary/aromatic N) is 1. The Balaban J connectivity index is 1.52. The lowest BCUT2D eigenvalue weighted by molar-refractivity contribution is -0.137. The molecular formula is C23H25F3N2O2. The van der Waals surface area contributed by atoms with Crippen LogP contribution < -0.4 is 5.32 Å². The molecule has 2 aromatic rings. The first-order chi connectivity index (χ1) is 14.1. The first kappa shape index (κ1) is 21.9. The lowest BCUT2D eigenvalue weighted by atomic mass is 10.00. The first-order valence-electron chi connectivity index (χ1n) is 10.0. The number of halogens is 3. The molecule has 7 heteroatoms. The monoisotopic (exact) mass is 418 g/mol. The van der Waals surface area contributed by atoms with Crippen LogP contribution in [0.3, 0.4) is 0 Å². The van der Waals surface area contributed by atoms with Crippen molar-refractivity contribution in [2.45, 2.75) is 44.8 Å². The molecule has 2 amide bonds. The van der Waals surface area contributed by atoms with Crippen molar-refractivity contribution in [2.24, 2.45) is 0 Å². The molecule has 30 heavy (non-hydrogen) atoms. The molecule has 0 aliphatic carbocycles. The summed E-state index contributed by atoms with van der Waals surface area (Å²) in [5.74, 6) is -0.0335. The van der Waals surface area contributed by atoms with Gasteiger partial charge < -0.3 is 10.2 Å². The topological polar surface area (TPSA) is 49.4 Å². The van der Waals surface area contributed by atoms with Gasteiger partial charge in [-0.25, -0.2) is 0 Å². The summed E-state index contributed by atoms with van der Waals surface area (Å²) in [5.41, 5.74) is 1.22. The Hall–Kier alpha value is -2.83. The molecule has 1 saturated heterocycles. The van der Waals surface area contributed by atoms with Crippen LogP contribution in [0.15, 0.2) is 48.5 Å². The Morgan fingerprint density at radius 1 is 0.933 bits per heavy atom. The highest BCUT2D eigenvalue weighted by molar-refractivity contribution is 5.95. The summed E-state index contributed by atoms with van der Waals surface area (Å²) in [6, 6.07) is 11.7. The van der Waals surface area contributed by atoms with Gasteiger partial charge in [-0.1, -0.05) is 26.0 Å².